The highest BCUT2D eigenvalue weighted by Gasteiger charge is 2.27. The van der Waals surface area contributed by atoms with Crippen molar-refractivity contribution in [1.82, 2.24) is 14.2 Å². The van der Waals surface area contributed by atoms with Crippen LogP contribution in [-0.4, -0.2) is 56.3 Å². The van der Waals surface area contributed by atoms with Crippen LogP contribution in [0.2, 0.25) is 5.15 Å². The summed E-state index contributed by atoms with van der Waals surface area (Å²) in [5.74, 6) is 0.238. The minimum absolute atomic E-state index is 0.0195. The van der Waals surface area contributed by atoms with Crippen molar-refractivity contribution in [2.75, 3.05) is 33.7 Å². The molecule has 114 valence electrons. The van der Waals surface area contributed by atoms with E-state index in [0.717, 1.165) is 0 Å². The zero-order valence-electron chi connectivity index (χ0n) is 12.4. The van der Waals surface area contributed by atoms with E-state index in [1.54, 1.807) is 6.07 Å². The van der Waals surface area contributed by atoms with E-state index in [-0.39, 0.29) is 16.0 Å². The maximum absolute atomic E-state index is 12.7. The third-order valence-corrected chi connectivity index (χ3v) is 5.02. The first-order valence-corrected chi connectivity index (χ1v) is 8.32. The quantitative estimate of drug-likeness (QED) is 0.721. The molecule has 0 amide bonds. The van der Waals surface area contributed by atoms with Gasteiger partial charge in [0.25, 0.3) is 0 Å². The van der Waals surface area contributed by atoms with Gasteiger partial charge in [-0.15, -0.1) is 0 Å². The molecule has 1 aromatic rings. The summed E-state index contributed by atoms with van der Waals surface area (Å²) in [5, 5.41) is 0.0195. The van der Waals surface area contributed by atoms with Crippen LogP contribution in [-0.2, 0) is 10.0 Å². The number of likely N-dealkylation sites (N-methyl/N-ethyl adjacent to an activating group) is 1. The van der Waals surface area contributed by atoms with Gasteiger partial charge in [0.15, 0.2) is 0 Å². The second-order valence-corrected chi connectivity index (χ2v) is 7.62. The average molecular weight is 320 g/mol. The molecule has 0 aromatic carbocycles. The minimum atomic E-state index is -3.61. The zero-order valence-corrected chi connectivity index (χ0v) is 13.9. The number of hydrogen-bond donors (Lipinski definition) is 0. The van der Waals surface area contributed by atoms with E-state index in [4.69, 9.17) is 11.6 Å². The Morgan fingerprint density at radius 3 is 2.45 bits per heavy atom. The number of halogens is 1. The van der Waals surface area contributed by atoms with E-state index in [2.05, 4.69) is 4.98 Å². The molecule has 1 aromatic heterocycles. The Bertz CT molecular complexity index is 532. The number of hydrogen-bond acceptors (Lipinski definition) is 4. The molecule has 7 heteroatoms. The van der Waals surface area contributed by atoms with Gasteiger partial charge in [-0.2, -0.15) is 4.31 Å². The lowest BCUT2D eigenvalue weighted by Crippen LogP contribution is -2.39. The van der Waals surface area contributed by atoms with E-state index in [1.165, 1.54) is 16.6 Å². The van der Waals surface area contributed by atoms with Crippen molar-refractivity contribution in [3.8, 4) is 0 Å². The van der Waals surface area contributed by atoms with Gasteiger partial charge in [-0.3, -0.25) is 0 Å². The van der Waals surface area contributed by atoms with Gasteiger partial charge in [0.1, 0.15) is 10.0 Å². The van der Waals surface area contributed by atoms with Crippen LogP contribution in [0.1, 0.15) is 13.8 Å². The van der Waals surface area contributed by atoms with Crippen LogP contribution in [0.3, 0.4) is 0 Å². The van der Waals surface area contributed by atoms with Gasteiger partial charge in [-0.05, 0) is 32.1 Å². The number of rotatable bonds is 7. The van der Waals surface area contributed by atoms with Crippen LogP contribution in [0, 0.1) is 5.92 Å². The molecule has 0 atom stereocenters. The van der Waals surface area contributed by atoms with Crippen molar-refractivity contribution in [2.24, 2.45) is 5.92 Å². The molecule has 0 fully saturated rings. The Balaban J connectivity index is 3.07. The van der Waals surface area contributed by atoms with E-state index in [1.807, 2.05) is 32.8 Å². The van der Waals surface area contributed by atoms with Gasteiger partial charge >= 0.3 is 0 Å². The van der Waals surface area contributed by atoms with E-state index in [0.29, 0.717) is 19.6 Å². The van der Waals surface area contributed by atoms with Crippen molar-refractivity contribution in [3.63, 3.8) is 0 Å². The lowest BCUT2D eigenvalue weighted by atomic mass is 10.2. The van der Waals surface area contributed by atoms with Gasteiger partial charge in [0.05, 0.1) is 0 Å². The van der Waals surface area contributed by atoms with Crippen LogP contribution < -0.4 is 0 Å². The summed E-state index contributed by atoms with van der Waals surface area (Å²) in [5.41, 5.74) is 0. The summed E-state index contributed by atoms with van der Waals surface area (Å²) < 4.78 is 26.8. The number of sulfonamides is 1. The van der Waals surface area contributed by atoms with Crippen LogP contribution in [0.15, 0.2) is 23.2 Å². The fraction of sp³-hybridized carbons (Fsp3) is 0.615. The standard InChI is InChI=1S/C13H22ClN3O2S/c1-11(2)10-17(9-8-16(3)4)20(18,19)12-6-5-7-15-13(12)14/h5-7,11H,8-10H2,1-4H3. The minimum Gasteiger partial charge on any atom is -0.308 e. The number of aromatic nitrogens is 1. The average Bonchev–Trinajstić information content (AvgIpc) is 2.34. The maximum atomic E-state index is 12.7. The number of nitrogens with zero attached hydrogens (tertiary/aromatic N) is 3. The predicted octanol–water partition coefficient (Wildman–Crippen LogP) is 1.94. The highest BCUT2D eigenvalue weighted by molar-refractivity contribution is 7.89. The summed E-state index contributed by atoms with van der Waals surface area (Å²) in [4.78, 5) is 5.87. The molecule has 0 aliphatic heterocycles. The predicted molar refractivity (Wildman–Crippen MR) is 81.4 cm³/mol. The van der Waals surface area contributed by atoms with Crippen LogP contribution >= 0.6 is 11.6 Å². The Hall–Kier alpha value is -0.690. The molecule has 0 radical (unpaired) electrons. The molecular formula is C13H22ClN3O2S. The highest BCUT2D eigenvalue weighted by atomic mass is 35.5. The molecule has 1 heterocycles. The molecule has 0 saturated carbocycles. The van der Waals surface area contributed by atoms with Crippen LogP contribution in [0.4, 0.5) is 0 Å². The molecule has 5 nitrogen and oxygen atoms in total. The van der Waals surface area contributed by atoms with Gasteiger partial charge in [0.2, 0.25) is 10.0 Å². The van der Waals surface area contributed by atoms with Crippen molar-refractivity contribution in [3.05, 3.63) is 23.5 Å². The van der Waals surface area contributed by atoms with Gasteiger partial charge in [-0.1, -0.05) is 25.4 Å². The van der Waals surface area contributed by atoms with Crippen LogP contribution in [0.5, 0.6) is 0 Å². The third kappa shape index (κ3) is 4.70. The SMILES string of the molecule is CC(C)CN(CCN(C)C)S(=O)(=O)c1cccnc1Cl. The van der Waals surface area contributed by atoms with Gasteiger partial charge < -0.3 is 4.90 Å². The summed E-state index contributed by atoms with van der Waals surface area (Å²) in [6.07, 6.45) is 1.48. The second-order valence-electron chi connectivity index (χ2n) is 5.35. The monoisotopic (exact) mass is 319 g/mol. The first kappa shape index (κ1) is 17.4. The molecule has 0 aliphatic rings. The van der Waals surface area contributed by atoms with Crippen molar-refractivity contribution >= 4 is 21.6 Å². The fourth-order valence-electron chi connectivity index (χ4n) is 1.73. The molecule has 0 spiro atoms. The number of pyridine rings is 1. The molecule has 0 bridgehead atoms. The van der Waals surface area contributed by atoms with Crippen molar-refractivity contribution in [2.45, 2.75) is 18.7 Å². The Labute approximate surface area is 126 Å². The molecule has 20 heavy (non-hydrogen) atoms. The Kier molecular flexibility index (Phi) is 6.39. The lowest BCUT2D eigenvalue weighted by molar-refractivity contribution is 0.312. The maximum Gasteiger partial charge on any atom is 0.246 e. The van der Waals surface area contributed by atoms with Crippen molar-refractivity contribution < 1.29 is 8.42 Å². The van der Waals surface area contributed by atoms with Crippen molar-refractivity contribution in [1.29, 1.82) is 0 Å². The Morgan fingerprint density at radius 1 is 1.30 bits per heavy atom. The topological polar surface area (TPSA) is 53.5 Å². The summed E-state index contributed by atoms with van der Waals surface area (Å²) in [6.45, 7) is 5.52. The lowest BCUT2D eigenvalue weighted by Gasteiger charge is -2.25. The smallest absolute Gasteiger partial charge is 0.246 e. The highest BCUT2D eigenvalue weighted by Crippen LogP contribution is 2.22. The van der Waals surface area contributed by atoms with Gasteiger partial charge in [-0.25, -0.2) is 13.4 Å². The van der Waals surface area contributed by atoms with E-state index >= 15 is 0 Å². The molecule has 0 N–H and O–H groups in total. The van der Waals surface area contributed by atoms with Gasteiger partial charge in [0, 0.05) is 25.8 Å². The third-order valence-electron chi connectivity index (χ3n) is 2.71. The van der Waals surface area contributed by atoms with E-state index in [9.17, 15) is 8.42 Å². The molecule has 1 rings (SSSR count). The largest absolute Gasteiger partial charge is 0.308 e. The Morgan fingerprint density at radius 2 is 1.95 bits per heavy atom. The molecular weight excluding hydrogens is 298 g/mol. The normalized spacial score (nSPS) is 12.6. The summed E-state index contributed by atoms with van der Waals surface area (Å²) in [7, 11) is 0.218. The fourth-order valence-corrected chi connectivity index (χ4v) is 3.75. The molecule has 0 unspecified atom stereocenters. The summed E-state index contributed by atoms with van der Waals surface area (Å²) in [6, 6.07) is 3.08. The summed E-state index contributed by atoms with van der Waals surface area (Å²) >= 11 is 5.92. The molecule has 0 aliphatic carbocycles. The first-order chi connectivity index (χ1) is 9.25. The van der Waals surface area contributed by atoms with E-state index < -0.39 is 10.0 Å². The van der Waals surface area contributed by atoms with Crippen LogP contribution in [0.25, 0.3) is 0 Å². The molecule has 0 saturated heterocycles. The first-order valence-electron chi connectivity index (χ1n) is 6.50. The zero-order chi connectivity index (χ0) is 15.3. The second kappa shape index (κ2) is 7.36.